The summed E-state index contributed by atoms with van der Waals surface area (Å²) in [4.78, 5) is 31.7. The number of nitrogens with one attached hydrogen (secondary N) is 1. The number of aromatic nitrogens is 2. The molecule has 2 amide bonds. The molecule has 0 aromatic carbocycles. The third kappa shape index (κ3) is 2.59. The van der Waals surface area contributed by atoms with Gasteiger partial charge in [-0.15, -0.1) is 0 Å². The lowest BCUT2D eigenvalue weighted by Gasteiger charge is -2.01. The number of rotatable bonds is 2. The van der Waals surface area contributed by atoms with Gasteiger partial charge in [-0.3, -0.25) is 24.9 Å². The van der Waals surface area contributed by atoms with Crippen molar-refractivity contribution >= 4 is 40.0 Å². The first kappa shape index (κ1) is 14.6. The van der Waals surface area contributed by atoms with Crippen molar-refractivity contribution in [3.63, 3.8) is 0 Å². The van der Waals surface area contributed by atoms with Gasteiger partial charge in [0.05, 0.1) is 4.91 Å². The second-order valence-corrected chi connectivity index (χ2v) is 6.31. The first-order valence-corrected chi connectivity index (χ1v) is 7.97. The molecule has 0 atom stereocenters. The molecule has 24 heavy (non-hydrogen) atoms. The van der Waals surface area contributed by atoms with Crippen molar-refractivity contribution < 1.29 is 14.0 Å². The van der Waals surface area contributed by atoms with Crippen LogP contribution in [0.2, 0.25) is 0 Å². The molecule has 0 spiro atoms. The maximum absolute atomic E-state index is 11.6. The Bertz CT molecular complexity index is 1010. The summed E-state index contributed by atoms with van der Waals surface area (Å²) in [7, 11) is 0. The number of pyridine rings is 2. The summed E-state index contributed by atoms with van der Waals surface area (Å²) >= 11 is 0.856. The van der Waals surface area contributed by atoms with Crippen molar-refractivity contribution in [1.82, 2.24) is 15.3 Å². The smallest absolute Gasteiger partial charge is 0.290 e. The highest BCUT2D eigenvalue weighted by Gasteiger charge is 2.25. The summed E-state index contributed by atoms with van der Waals surface area (Å²) < 4.78 is 5.88. The van der Waals surface area contributed by atoms with Gasteiger partial charge in [0.2, 0.25) is 0 Å². The Morgan fingerprint density at radius 1 is 1.21 bits per heavy atom. The van der Waals surface area contributed by atoms with Gasteiger partial charge >= 0.3 is 0 Å². The maximum atomic E-state index is 11.6. The average molecular weight is 337 g/mol. The first-order valence-electron chi connectivity index (χ1n) is 7.15. The molecule has 6 nitrogen and oxygen atoms in total. The van der Waals surface area contributed by atoms with E-state index in [0.29, 0.717) is 16.2 Å². The molecule has 0 aliphatic carbocycles. The zero-order valence-electron chi connectivity index (χ0n) is 12.6. The molecule has 3 aromatic rings. The molecule has 0 radical (unpaired) electrons. The van der Waals surface area contributed by atoms with Crippen molar-refractivity contribution in [1.29, 1.82) is 0 Å². The highest BCUT2D eigenvalue weighted by atomic mass is 32.2. The largest absolute Gasteiger partial charge is 0.456 e. The Labute approximate surface area is 141 Å². The summed E-state index contributed by atoms with van der Waals surface area (Å²) in [6, 6.07) is 5.67. The van der Waals surface area contributed by atoms with Crippen LogP contribution in [-0.4, -0.2) is 21.1 Å². The lowest BCUT2D eigenvalue weighted by atomic mass is 10.1. The fourth-order valence-electron chi connectivity index (χ4n) is 2.44. The Morgan fingerprint density at radius 2 is 2.08 bits per heavy atom. The van der Waals surface area contributed by atoms with E-state index in [4.69, 9.17) is 4.42 Å². The van der Waals surface area contributed by atoms with Crippen LogP contribution in [0.4, 0.5) is 4.79 Å². The van der Waals surface area contributed by atoms with Crippen LogP contribution in [0.15, 0.2) is 46.1 Å². The van der Waals surface area contributed by atoms with Crippen LogP contribution < -0.4 is 5.32 Å². The molecule has 4 heterocycles. The van der Waals surface area contributed by atoms with Gasteiger partial charge < -0.3 is 4.42 Å². The van der Waals surface area contributed by atoms with Gasteiger partial charge in [-0.2, -0.15) is 0 Å². The summed E-state index contributed by atoms with van der Waals surface area (Å²) in [5, 5.41) is 2.65. The topological polar surface area (TPSA) is 85.1 Å². The minimum absolute atomic E-state index is 0.311. The van der Waals surface area contributed by atoms with Gasteiger partial charge in [0.15, 0.2) is 0 Å². The molecule has 0 bridgehead atoms. The van der Waals surface area contributed by atoms with Crippen LogP contribution in [0.5, 0.6) is 0 Å². The van der Waals surface area contributed by atoms with Gasteiger partial charge in [-0.1, -0.05) is 6.07 Å². The monoisotopic (exact) mass is 337 g/mol. The number of amides is 2. The van der Waals surface area contributed by atoms with Crippen molar-refractivity contribution in [2.24, 2.45) is 0 Å². The minimum Gasteiger partial charge on any atom is -0.456 e. The number of hydrogen-bond donors (Lipinski definition) is 1. The zero-order chi connectivity index (χ0) is 16.7. The third-order valence-corrected chi connectivity index (χ3v) is 4.39. The molecule has 0 unspecified atom stereocenters. The van der Waals surface area contributed by atoms with Crippen LogP contribution >= 0.6 is 11.8 Å². The predicted octanol–water partition coefficient (Wildman–Crippen LogP) is 3.52. The molecule has 1 N–H and O–H groups in total. The van der Waals surface area contributed by atoms with E-state index in [2.05, 4.69) is 15.3 Å². The number of carbonyl (C=O) groups excluding carboxylic acids is 2. The van der Waals surface area contributed by atoms with Gasteiger partial charge in [-0.25, -0.2) is 0 Å². The molecule has 4 rings (SSSR count). The van der Waals surface area contributed by atoms with E-state index in [9.17, 15) is 9.59 Å². The molecule has 7 heteroatoms. The van der Waals surface area contributed by atoms with E-state index in [1.54, 1.807) is 30.7 Å². The van der Waals surface area contributed by atoms with Gasteiger partial charge in [0, 0.05) is 46.9 Å². The predicted molar refractivity (Wildman–Crippen MR) is 91.1 cm³/mol. The standard InChI is InChI=1S/C17H11N3O3S/c1-9-2-3-10(7-19-9)13-8-18-6-11-4-12(23-15(11)13)5-14-16(21)20-17(22)24-14/h2-8H,1H3,(H,20,21,22)/b14-5-. The SMILES string of the molecule is Cc1ccc(-c2cncc3cc(/C=C4\SC(=O)NC4=O)oc23)cn1. The third-order valence-electron chi connectivity index (χ3n) is 3.58. The molecule has 1 aliphatic rings. The van der Waals surface area contributed by atoms with Crippen LogP contribution in [0.3, 0.4) is 0 Å². The lowest BCUT2D eigenvalue weighted by molar-refractivity contribution is -0.115. The Hall–Kier alpha value is -2.93. The van der Waals surface area contributed by atoms with Crippen molar-refractivity contribution in [2.45, 2.75) is 6.92 Å². The number of fused-ring (bicyclic) bond motifs is 1. The number of thioether (sulfide) groups is 1. The normalized spacial score (nSPS) is 16.1. The number of aryl methyl sites for hydroxylation is 1. The van der Waals surface area contributed by atoms with Crippen molar-refractivity contribution in [2.75, 3.05) is 0 Å². The maximum Gasteiger partial charge on any atom is 0.290 e. The Kier molecular flexibility index (Phi) is 3.42. The van der Waals surface area contributed by atoms with E-state index in [-0.39, 0.29) is 5.24 Å². The molecule has 118 valence electrons. The summed E-state index contributed by atoms with van der Waals surface area (Å²) in [5.74, 6) is 0.0817. The van der Waals surface area contributed by atoms with Crippen LogP contribution in [0.25, 0.3) is 28.2 Å². The van der Waals surface area contributed by atoms with E-state index >= 15 is 0 Å². The number of hydrogen-bond acceptors (Lipinski definition) is 6. The second-order valence-electron chi connectivity index (χ2n) is 5.29. The fourth-order valence-corrected chi connectivity index (χ4v) is 3.10. The van der Waals surface area contributed by atoms with E-state index in [1.807, 2.05) is 19.1 Å². The lowest BCUT2D eigenvalue weighted by Crippen LogP contribution is -2.17. The molecule has 1 aliphatic heterocycles. The molecule has 3 aromatic heterocycles. The first-order chi connectivity index (χ1) is 11.6. The molecule has 1 saturated heterocycles. The van der Waals surface area contributed by atoms with E-state index in [1.165, 1.54) is 0 Å². The second kappa shape index (κ2) is 5.61. The highest BCUT2D eigenvalue weighted by molar-refractivity contribution is 8.18. The summed E-state index contributed by atoms with van der Waals surface area (Å²) in [5.41, 5.74) is 3.31. The van der Waals surface area contributed by atoms with Gasteiger partial charge in [-0.05, 0) is 30.8 Å². The van der Waals surface area contributed by atoms with Crippen LogP contribution in [-0.2, 0) is 4.79 Å². The van der Waals surface area contributed by atoms with Gasteiger partial charge in [0.1, 0.15) is 11.3 Å². The van der Waals surface area contributed by atoms with Gasteiger partial charge in [0.25, 0.3) is 11.1 Å². The number of furan rings is 1. The van der Waals surface area contributed by atoms with Crippen LogP contribution in [0, 0.1) is 6.92 Å². The number of nitrogens with zero attached hydrogens (tertiary/aromatic N) is 2. The molecular formula is C17H11N3O3S. The van der Waals surface area contributed by atoms with Crippen molar-refractivity contribution in [3.05, 3.63) is 53.1 Å². The zero-order valence-corrected chi connectivity index (χ0v) is 13.4. The van der Waals surface area contributed by atoms with E-state index < -0.39 is 5.91 Å². The summed E-state index contributed by atoms with van der Waals surface area (Å²) in [6.07, 6.45) is 6.74. The Balaban J connectivity index is 1.80. The van der Waals surface area contributed by atoms with E-state index in [0.717, 1.165) is 34.0 Å². The highest BCUT2D eigenvalue weighted by Crippen LogP contribution is 2.32. The summed E-state index contributed by atoms with van der Waals surface area (Å²) in [6.45, 7) is 1.92. The molecule has 0 saturated carbocycles. The van der Waals surface area contributed by atoms with Crippen LogP contribution in [0.1, 0.15) is 11.5 Å². The minimum atomic E-state index is -0.411. The molecule has 1 fully saturated rings. The molecular weight excluding hydrogens is 326 g/mol. The quantitative estimate of drug-likeness (QED) is 0.720. The number of carbonyl (C=O) groups is 2. The van der Waals surface area contributed by atoms with Crippen molar-refractivity contribution in [3.8, 4) is 11.1 Å². The average Bonchev–Trinajstić information content (AvgIpc) is 3.10. The Morgan fingerprint density at radius 3 is 2.79 bits per heavy atom. The fraction of sp³-hybridized carbons (Fsp3) is 0.0588. The number of imide groups is 1.